The van der Waals surface area contributed by atoms with Crippen LogP contribution >= 0.6 is 11.8 Å². The number of thioether (sulfide) groups is 1. The average molecular weight is 308 g/mol. The summed E-state index contributed by atoms with van der Waals surface area (Å²) >= 11 is 1.73. The molecule has 1 saturated heterocycles. The van der Waals surface area contributed by atoms with Crippen LogP contribution in [0.4, 0.5) is 4.39 Å². The summed E-state index contributed by atoms with van der Waals surface area (Å²) in [5.41, 5.74) is 0.626. The number of halogens is 1. The predicted octanol–water partition coefficient (Wildman–Crippen LogP) is 2.87. The molecule has 0 radical (unpaired) electrons. The fraction of sp³-hybridized carbons (Fsp3) is 0.562. The largest absolute Gasteiger partial charge is 0.349 e. The summed E-state index contributed by atoms with van der Waals surface area (Å²) in [6.45, 7) is 3.80. The monoisotopic (exact) mass is 308 g/mol. The molecule has 1 amide bonds. The summed E-state index contributed by atoms with van der Waals surface area (Å²) in [5.74, 6) is 0.835. The van der Waals surface area contributed by atoms with Crippen LogP contribution < -0.4 is 10.6 Å². The Morgan fingerprint density at radius 1 is 1.43 bits per heavy atom. The van der Waals surface area contributed by atoms with E-state index >= 15 is 0 Å². The molecule has 0 aromatic heterocycles. The van der Waals surface area contributed by atoms with Gasteiger partial charge in [0.1, 0.15) is 5.82 Å². The Morgan fingerprint density at radius 3 is 2.95 bits per heavy atom. The molecule has 0 bridgehead atoms. The summed E-state index contributed by atoms with van der Waals surface area (Å²) in [5, 5.41) is 6.45. The van der Waals surface area contributed by atoms with Gasteiger partial charge in [-0.3, -0.25) is 4.79 Å². The lowest BCUT2D eigenvalue weighted by molar-refractivity contribution is -0.132. The highest BCUT2D eigenvalue weighted by atomic mass is 32.2. The quantitative estimate of drug-likeness (QED) is 0.883. The second-order valence-corrected chi connectivity index (χ2v) is 7.29. The molecule has 3 rings (SSSR count). The zero-order chi connectivity index (χ0) is 14.9. The molecule has 21 heavy (non-hydrogen) atoms. The molecule has 2 heterocycles. The summed E-state index contributed by atoms with van der Waals surface area (Å²) in [6.07, 6.45) is 2.58. The van der Waals surface area contributed by atoms with Crippen LogP contribution in [0.3, 0.4) is 0 Å². The third-order valence-electron chi connectivity index (χ3n) is 4.57. The van der Waals surface area contributed by atoms with E-state index in [9.17, 15) is 9.18 Å². The minimum atomic E-state index is -0.302. The summed E-state index contributed by atoms with van der Waals surface area (Å²) < 4.78 is 13.5. The van der Waals surface area contributed by atoms with E-state index in [4.69, 9.17) is 0 Å². The van der Waals surface area contributed by atoms with Gasteiger partial charge in [0.05, 0.1) is 6.04 Å². The highest BCUT2D eigenvalue weighted by molar-refractivity contribution is 7.99. The van der Waals surface area contributed by atoms with Crippen LogP contribution in [0.5, 0.6) is 0 Å². The lowest BCUT2D eigenvalue weighted by Gasteiger charge is -2.35. The molecular weight excluding hydrogens is 287 g/mol. The fourth-order valence-electron chi connectivity index (χ4n) is 3.05. The van der Waals surface area contributed by atoms with E-state index in [0.717, 1.165) is 48.6 Å². The van der Waals surface area contributed by atoms with Crippen molar-refractivity contribution in [3.05, 3.63) is 29.6 Å². The lowest BCUT2D eigenvalue weighted by atomic mass is 9.80. The Labute approximate surface area is 129 Å². The van der Waals surface area contributed by atoms with E-state index in [1.54, 1.807) is 17.8 Å². The molecule has 2 N–H and O–H groups in total. The van der Waals surface area contributed by atoms with Gasteiger partial charge in [0.2, 0.25) is 5.91 Å². The molecule has 1 fully saturated rings. The van der Waals surface area contributed by atoms with Crippen molar-refractivity contribution in [2.45, 2.75) is 37.1 Å². The smallest absolute Gasteiger partial charge is 0.226 e. The molecule has 0 saturated carbocycles. The Hall–Kier alpha value is -1.07. The first kappa shape index (κ1) is 14.9. The molecule has 114 valence electrons. The minimum Gasteiger partial charge on any atom is -0.349 e. The van der Waals surface area contributed by atoms with Crippen molar-refractivity contribution < 1.29 is 9.18 Å². The lowest BCUT2D eigenvalue weighted by Crippen LogP contribution is -2.47. The Kier molecular flexibility index (Phi) is 4.22. The number of amides is 1. The SMILES string of the molecule is CC1(C(=O)NC2CCSc3ccc(F)cc32)CCNCC1. The summed E-state index contributed by atoms with van der Waals surface area (Å²) in [6, 6.07) is 4.82. The highest BCUT2D eigenvalue weighted by Gasteiger charge is 2.36. The Balaban J connectivity index is 1.77. The molecular formula is C16H21FN2OS. The topological polar surface area (TPSA) is 41.1 Å². The first-order valence-corrected chi connectivity index (χ1v) is 8.51. The first-order chi connectivity index (χ1) is 10.1. The van der Waals surface area contributed by atoms with Gasteiger partial charge in [0, 0.05) is 16.1 Å². The predicted molar refractivity (Wildman–Crippen MR) is 82.8 cm³/mol. The zero-order valence-electron chi connectivity index (χ0n) is 12.2. The van der Waals surface area contributed by atoms with Gasteiger partial charge < -0.3 is 10.6 Å². The van der Waals surface area contributed by atoms with Crippen molar-refractivity contribution in [2.24, 2.45) is 5.41 Å². The maximum Gasteiger partial charge on any atom is 0.226 e. The van der Waals surface area contributed by atoms with E-state index < -0.39 is 0 Å². The van der Waals surface area contributed by atoms with Crippen molar-refractivity contribution in [2.75, 3.05) is 18.8 Å². The van der Waals surface area contributed by atoms with E-state index in [0.29, 0.717) is 0 Å². The van der Waals surface area contributed by atoms with Gasteiger partial charge in [-0.15, -0.1) is 11.8 Å². The minimum absolute atomic E-state index is 0.0591. The van der Waals surface area contributed by atoms with Crippen LogP contribution in [0.25, 0.3) is 0 Å². The highest BCUT2D eigenvalue weighted by Crippen LogP contribution is 2.37. The van der Waals surface area contributed by atoms with Gasteiger partial charge in [0.25, 0.3) is 0 Å². The van der Waals surface area contributed by atoms with E-state index in [1.165, 1.54) is 6.07 Å². The molecule has 0 spiro atoms. The van der Waals surface area contributed by atoms with Gasteiger partial charge in [-0.1, -0.05) is 6.92 Å². The van der Waals surface area contributed by atoms with Crippen LogP contribution in [-0.2, 0) is 4.79 Å². The zero-order valence-corrected chi connectivity index (χ0v) is 13.1. The number of fused-ring (bicyclic) bond motifs is 1. The van der Waals surface area contributed by atoms with Crippen molar-refractivity contribution in [1.82, 2.24) is 10.6 Å². The van der Waals surface area contributed by atoms with Crippen LogP contribution in [0.2, 0.25) is 0 Å². The van der Waals surface area contributed by atoms with Crippen LogP contribution in [0.15, 0.2) is 23.1 Å². The van der Waals surface area contributed by atoms with Gasteiger partial charge in [-0.05, 0) is 56.1 Å². The number of nitrogens with one attached hydrogen (secondary N) is 2. The number of carbonyl (C=O) groups excluding carboxylic acids is 1. The average Bonchev–Trinajstić information content (AvgIpc) is 2.48. The maximum absolute atomic E-state index is 13.5. The van der Waals surface area contributed by atoms with Crippen LogP contribution in [-0.4, -0.2) is 24.7 Å². The Morgan fingerprint density at radius 2 is 2.19 bits per heavy atom. The number of carbonyl (C=O) groups is 1. The number of rotatable bonds is 2. The van der Waals surface area contributed by atoms with E-state index in [2.05, 4.69) is 10.6 Å². The standard InChI is InChI=1S/C16H21FN2OS/c1-16(5-7-18-8-6-16)15(20)19-13-4-9-21-14-3-2-11(17)10-12(13)14/h2-3,10,13,18H,4-9H2,1H3,(H,19,20). The number of hydrogen-bond acceptors (Lipinski definition) is 3. The van der Waals surface area contributed by atoms with Crippen LogP contribution in [0.1, 0.15) is 37.8 Å². The number of hydrogen-bond donors (Lipinski definition) is 2. The van der Waals surface area contributed by atoms with Gasteiger partial charge >= 0.3 is 0 Å². The maximum atomic E-state index is 13.5. The van der Waals surface area contributed by atoms with Crippen molar-refractivity contribution >= 4 is 17.7 Å². The van der Waals surface area contributed by atoms with E-state index in [1.807, 2.05) is 13.0 Å². The van der Waals surface area contributed by atoms with Crippen molar-refractivity contribution in [1.29, 1.82) is 0 Å². The third kappa shape index (κ3) is 3.09. The molecule has 1 atom stereocenters. The molecule has 1 unspecified atom stereocenters. The van der Waals surface area contributed by atoms with E-state index in [-0.39, 0.29) is 23.2 Å². The molecule has 1 aromatic rings. The Bertz CT molecular complexity index is 543. The van der Waals surface area contributed by atoms with Crippen molar-refractivity contribution in [3.63, 3.8) is 0 Å². The third-order valence-corrected chi connectivity index (χ3v) is 5.69. The molecule has 0 aliphatic carbocycles. The van der Waals surface area contributed by atoms with Crippen LogP contribution in [0, 0.1) is 11.2 Å². The first-order valence-electron chi connectivity index (χ1n) is 7.52. The van der Waals surface area contributed by atoms with Gasteiger partial charge in [-0.2, -0.15) is 0 Å². The summed E-state index contributed by atoms with van der Waals surface area (Å²) in [4.78, 5) is 13.7. The fourth-order valence-corrected chi connectivity index (χ4v) is 4.16. The molecule has 3 nitrogen and oxygen atoms in total. The normalized spacial score (nSPS) is 24.2. The summed E-state index contributed by atoms with van der Waals surface area (Å²) in [7, 11) is 0. The second kappa shape index (κ2) is 5.97. The number of piperidine rings is 1. The second-order valence-electron chi connectivity index (χ2n) is 6.16. The van der Waals surface area contributed by atoms with Gasteiger partial charge in [-0.25, -0.2) is 4.39 Å². The van der Waals surface area contributed by atoms with Crippen molar-refractivity contribution in [3.8, 4) is 0 Å². The van der Waals surface area contributed by atoms with Gasteiger partial charge in [0.15, 0.2) is 0 Å². The molecule has 1 aromatic carbocycles. The molecule has 5 heteroatoms. The molecule has 2 aliphatic heterocycles. The molecule has 2 aliphatic rings. The number of benzene rings is 1.